The topological polar surface area (TPSA) is 99.1 Å². The van der Waals surface area contributed by atoms with Crippen molar-refractivity contribution in [3.63, 3.8) is 0 Å². The van der Waals surface area contributed by atoms with E-state index in [9.17, 15) is 8.42 Å². The molecule has 3 aromatic heterocycles. The molecule has 7 nitrogen and oxygen atoms in total. The molecule has 0 radical (unpaired) electrons. The molecular weight excluding hydrogens is 326 g/mol. The number of hydrogen-bond acceptors (Lipinski definition) is 8. The standard InChI is InChI=1S/C13H13N3O4S2/c1-8-6-10(19-15-8)7-22(17,18)9(2)13-14-12(16-20-13)11-4-3-5-21-11/h3-6,9H,7H2,1-2H3. The quantitative estimate of drug-likeness (QED) is 0.704. The Morgan fingerprint density at radius 1 is 1.32 bits per heavy atom. The van der Waals surface area contributed by atoms with E-state index in [1.165, 1.54) is 18.3 Å². The molecule has 0 aliphatic heterocycles. The van der Waals surface area contributed by atoms with Crippen LogP contribution in [0.25, 0.3) is 10.7 Å². The van der Waals surface area contributed by atoms with Crippen molar-refractivity contribution in [2.75, 3.05) is 0 Å². The van der Waals surface area contributed by atoms with Crippen LogP contribution >= 0.6 is 11.3 Å². The number of hydrogen-bond donors (Lipinski definition) is 0. The second kappa shape index (κ2) is 5.65. The van der Waals surface area contributed by atoms with Crippen LogP contribution in [0.15, 0.2) is 32.6 Å². The lowest BCUT2D eigenvalue weighted by Gasteiger charge is -2.06. The molecule has 3 aromatic rings. The zero-order valence-corrected chi connectivity index (χ0v) is 13.5. The molecule has 0 spiro atoms. The van der Waals surface area contributed by atoms with E-state index in [1.54, 1.807) is 13.0 Å². The smallest absolute Gasteiger partial charge is 0.245 e. The van der Waals surface area contributed by atoms with Crippen LogP contribution in [-0.2, 0) is 15.6 Å². The Hall–Kier alpha value is -2.00. The number of rotatable bonds is 5. The Labute approximate surface area is 130 Å². The maximum absolute atomic E-state index is 12.4. The highest BCUT2D eigenvalue weighted by Gasteiger charge is 2.30. The van der Waals surface area contributed by atoms with E-state index in [4.69, 9.17) is 9.05 Å². The fraction of sp³-hybridized carbons (Fsp3) is 0.308. The van der Waals surface area contributed by atoms with Crippen LogP contribution in [0.5, 0.6) is 0 Å². The van der Waals surface area contributed by atoms with Gasteiger partial charge in [0.1, 0.15) is 11.0 Å². The van der Waals surface area contributed by atoms with E-state index in [1.807, 2.05) is 17.5 Å². The van der Waals surface area contributed by atoms with Crippen molar-refractivity contribution in [2.24, 2.45) is 0 Å². The monoisotopic (exact) mass is 339 g/mol. The fourth-order valence-electron chi connectivity index (χ4n) is 1.87. The first-order chi connectivity index (χ1) is 10.5. The Bertz CT molecular complexity index is 865. The number of aromatic nitrogens is 3. The van der Waals surface area contributed by atoms with Crippen molar-refractivity contribution in [3.8, 4) is 10.7 Å². The van der Waals surface area contributed by atoms with E-state index < -0.39 is 15.1 Å². The first-order valence-electron chi connectivity index (χ1n) is 6.47. The Morgan fingerprint density at radius 3 is 2.77 bits per heavy atom. The third-order valence-electron chi connectivity index (χ3n) is 3.09. The molecule has 0 saturated carbocycles. The molecule has 0 N–H and O–H groups in total. The van der Waals surface area contributed by atoms with Gasteiger partial charge in [0.25, 0.3) is 0 Å². The van der Waals surface area contributed by atoms with E-state index in [0.29, 0.717) is 17.3 Å². The van der Waals surface area contributed by atoms with Gasteiger partial charge in [0.2, 0.25) is 11.7 Å². The predicted octanol–water partition coefficient (Wildman–Crippen LogP) is 2.77. The molecule has 1 atom stereocenters. The summed E-state index contributed by atoms with van der Waals surface area (Å²) in [6, 6.07) is 5.30. The molecular formula is C13H13N3O4S2. The molecule has 0 aliphatic rings. The summed E-state index contributed by atoms with van der Waals surface area (Å²) in [4.78, 5) is 5.00. The van der Waals surface area contributed by atoms with Crippen LogP contribution in [0.4, 0.5) is 0 Å². The van der Waals surface area contributed by atoms with Crippen LogP contribution in [0.3, 0.4) is 0 Å². The van der Waals surface area contributed by atoms with Crippen molar-refractivity contribution < 1.29 is 17.5 Å². The first kappa shape index (κ1) is 14.9. The fourth-order valence-corrected chi connectivity index (χ4v) is 3.70. The summed E-state index contributed by atoms with van der Waals surface area (Å²) < 4.78 is 34.8. The molecule has 0 saturated heterocycles. The highest BCUT2D eigenvalue weighted by Crippen LogP contribution is 2.27. The number of aryl methyl sites for hydroxylation is 1. The molecule has 0 aliphatic carbocycles. The summed E-state index contributed by atoms with van der Waals surface area (Å²) in [6.45, 7) is 3.25. The minimum atomic E-state index is -3.54. The summed E-state index contributed by atoms with van der Waals surface area (Å²) in [5.74, 6) is 0.496. The molecule has 3 heterocycles. The van der Waals surface area contributed by atoms with Crippen LogP contribution in [-0.4, -0.2) is 23.7 Å². The van der Waals surface area contributed by atoms with Crippen molar-refractivity contribution >= 4 is 21.2 Å². The molecule has 116 valence electrons. The van der Waals surface area contributed by atoms with Gasteiger partial charge in [-0.3, -0.25) is 0 Å². The van der Waals surface area contributed by atoms with E-state index in [-0.39, 0.29) is 11.6 Å². The normalized spacial score (nSPS) is 13.4. The molecule has 3 rings (SSSR count). The Balaban J connectivity index is 1.82. The Morgan fingerprint density at radius 2 is 2.14 bits per heavy atom. The maximum Gasteiger partial charge on any atom is 0.245 e. The van der Waals surface area contributed by atoms with E-state index in [2.05, 4.69) is 15.3 Å². The molecule has 0 aromatic carbocycles. The molecule has 1 unspecified atom stereocenters. The SMILES string of the molecule is Cc1cc(CS(=O)(=O)C(C)c2nc(-c3cccs3)no2)on1. The van der Waals surface area contributed by atoms with E-state index >= 15 is 0 Å². The largest absolute Gasteiger partial charge is 0.360 e. The number of thiophene rings is 1. The van der Waals surface area contributed by atoms with Crippen molar-refractivity contribution in [3.05, 3.63) is 40.9 Å². The van der Waals surface area contributed by atoms with Gasteiger partial charge in [0.15, 0.2) is 15.6 Å². The predicted molar refractivity (Wildman–Crippen MR) is 79.9 cm³/mol. The Kier molecular flexibility index (Phi) is 3.83. The van der Waals surface area contributed by atoms with Crippen molar-refractivity contribution in [2.45, 2.75) is 24.9 Å². The molecule has 0 amide bonds. The summed E-state index contributed by atoms with van der Waals surface area (Å²) >= 11 is 1.46. The van der Waals surface area contributed by atoms with Gasteiger partial charge in [-0.2, -0.15) is 4.98 Å². The highest BCUT2D eigenvalue weighted by atomic mass is 32.2. The second-order valence-corrected chi connectivity index (χ2v) is 8.09. The average molecular weight is 339 g/mol. The first-order valence-corrected chi connectivity index (χ1v) is 9.06. The minimum absolute atomic E-state index is 0.0691. The van der Waals surface area contributed by atoms with Gasteiger partial charge in [-0.05, 0) is 25.3 Å². The van der Waals surface area contributed by atoms with Crippen molar-refractivity contribution in [1.29, 1.82) is 0 Å². The van der Waals surface area contributed by atoms with Crippen LogP contribution in [0.2, 0.25) is 0 Å². The lowest BCUT2D eigenvalue weighted by Crippen LogP contribution is -2.13. The summed E-state index contributed by atoms with van der Waals surface area (Å²) in [7, 11) is -3.54. The van der Waals surface area contributed by atoms with Gasteiger partial charge < -0.3 is 9.05 Å². The summed E-state index contributed by atoms with van der Waals surface area (Å²) in [6.07, 6.45) is 0. The van der Waals surface area contributed by atoms with Gasteiger partial charge in [0.05, 0.1) is 10.6 Å². The highest BCUT2D eigenvalue weighted by molar-refractivity contribution is 7.90. The van der Waals surface area contributed by atoms with Gasteiger partial charge in [-0.15, -0.1) is 11.3 Å². The maximum atomic E-state index is 12.4. The second-order valence-electron chi connectivity index (χ2n) is 4.82. The summed E-state index contributed by atoms with van der Waals surface area (Å²) in [5, 5.41) is 8.48. The lowest BCUT2D eigenvalue weighted by molar-refractivity contribution is 0.374. The van der Waals surface area contributed by atoms with Crippen molar-refractivity contribution in [1.82, 2.24) is 15.3 Å². The van der Waals surface area contributed by atoms with Gasteiger partial charge in [-0.1, -0.05) is 16.4 Å². The van der Waals surface area contributed by atoms with Gasteiger partial charge in [-0.25, -0.2) is 8.42 Å². The third-order valence-corrected chi connectivity index (χ3v) is 5.92. The van der Waals surface area contributed by atoms with E-state index in [0.717, 1.165) is 4.88 Å². The average Bonchev–Trinajstić information content (AvgIpc) is 3.17. The molecule has 9 heteroatoms. The van der Waals surface area contributed by atoms with Gasteiger partial charge >= 0.3 is 0 Å². The zero-order valence-electron chi connectivity index (χ0n) is 11.9. The zero-order chi connectivity index (χ0) is 15.7. The molecule has 0 bridgehead atoms. The van der Waals surface area contributed by atoms with Gasteiger partial charge in [0, 0.05) is 6.07 Å². The number of sulfone groups is 1. The number of nitrogens with zero attached hydrogens (tertiary/aromatic N) is 3. The van der Waals surface area contributed by atoms with Crippen LogP contribution in [0, 0.1) is 6.92 Å². The summed E-state index contributed by atoms with van der Waals surface area (Å²) in [5.41, 5.74) is 0.635. The molecule has 0 fully saturated rings. The molecule has 22 heavy (non-hydrogen) atoms. The van der Waals surface area contributed by atoms with Crippen LogP contribution in [0.1, 0.15) is 29.5 Å². The van der Waals surface area contributed by atoms with Crippen LogP contribution < -0.4 is 0 Å². The third kappa shape index (κ3) is 2.95. The lowest BCUT2D eigenvalue weighted by atomic mass is 10.4. The minimum Gasteiger partial charge on any atom is -0.360 e.